The number of allylic oxidation sites excluding steroid dienone is 6. The first-order valence-corrected chi connectivity index (χ1v) is 11.9. The summed E-state index contributed by atoms with van der Waals surface area (Å²) in [5.41, 5.74) is 4.77. The lowest BCUT2D eigenvalue weighted by atomic mass is 10.0. The zero-order valence-corrected chi connectivity index (χ0v) is 21.9. The van der Waals surface area contributed by atoms with Gasteiger partial charge in [0.05, 0.1) is 13.5 Å². The third-order valence-electron chi connectivity index (χ3n) is 5.65. The molecule has 0 aliphatic carbocycles. The first-order valence-electron chi connectivity index (χ1n) is 11.9. The van der Waals surface area contributed by atoms with Crippen LogP contribution in [0.1, 0.15) is 71.4 Å². The van der Waals surface area contributed by atoms with E-state index in [1.54, 1.807) is 13.0 Å². The molecule has 0 saturated carbocycles. The minimum Gasteiger partial charge on any atom is -0.508 e. The van der Waals surface area contributed by atoms with Gasteiger partial charge in [0.2, 0.25) is 0 Å². The van der Waals surface area contributed by atoms with Crippen LogP contribution in [0.25, 0.3) is 0 Å². The van der Waals surface area contributed by atoms with Crippen LogP contribution in [0.3, 0.4) is 0 Å². The predicted octanol–water partition coefficient (Wildman–Crippen LogP) is 5.65. The van der Waals surface area contributed by atoms with Gasteiger partial charge in [0.15, 0.2) is 5.78 Å². The van der Waals surface area contributed by atoms with Crippen molar-refractivity contribution in [2.75, 3.05) is 7.11 Å². The van der Waals surface area contributed by atoms with Crippen LogP contribution >= 0.6 is 0 Å². The van der Waals surface area contributed by atoms with Gasteiger partial charge in [0, 0.05) is 11.1 Å². The third kappa shape index (κ3) is 11.2. The van der Waals surface area contributed by atoms with E-state index in [0.29, 0.717) is 23.1 Å². The van der Waals surface area contributed by atoms with Crippen LogP contribution in [0.15, 0.2) is 58.7 Å². The molecule has 0 bridgehead atoms. The number of phenols is 2. The lowest BCUT2D eigenvalue weighted by Crippen LogP contribution is -2.18. The molecule has 3 N–H and O–H groups in total. The highest BCUT2D eigenvalue weighted by molar-refractivity contribution is 5.99. The van der Waals surface area contributed by atoms with E-state index < -0.39 is 12.1 Å². The van der Waals surface area contributed by atoms with Gasteiger partial charge < -0.3 is 20.1 Å². The molecule has 1 rings (SSSR count). The summed E-state index contributed by atoms with van der Waals surface area (Å²) in [6.07, 6.45) is 10.2. The Kier molecular flexibility index (Phi) is 12.8. The summed E-state index contributed by atoms with van der Waals surface area (Å²) in [7, 11) is 1.28. The molecule has 0 unspecified atom stereocenters. The number of hydrogen-bond donors (Lipinski definition) is 3. The standard InChI is InChI=1S/C29H40O6/c1-19(2)15-26(31)28(33)22(5)12-8-11-20(3)9-7-10-21(4)13-14-23-16-25(30)17-24(29(23)34)18-27(32)35-6/h9,12-13,15-17,26,30-31,34H,7-8,10-11,14,18H2,1-6H3/b20-9+,21-13-,22-12+/t26-/m0/s1. The van der Waals surface area contributed by atoms with E-state index in [2.05, 4.69) is 17.7 Å². The fourth-order valence-corrected chi connectivity index (χ4v) is 3.54. The molecule has 0 fully saturated rings. The number of ether oxygens (including phenoxy) is 1. The Morgan fingerprint density at radius 1 is 0.914 bits per heavy atom. The third-order valence-corrected chi connectivity index (χ3v) is 5.65. The maximum Gasteiger partial charge on any atom is 0.310 e. The van der Waals surface area contributed by atoms with Crippen molar-refractivity contribution in [3.8, 4) is 11.5 Å². The Balaban J connectivity index is 2.60. The van der Waals surface area contributed by atoms with Crippen molar-refractivity contribution in [2.24, 2.45) is 0 Å². The van der Waals surface area contributed by atoms with Crippen molar-refractivity contribution in [3.05, 3.63) is 69.9 Å². The van der Waals surface area contributed by atoms with Crippen LogP contribution in [0.2, 0.25) is 0 Å². The lowest BCUT2D eigenvalue weighted by molar-refractivity contribution is -0.139. The summed E-state index contributed by atoms with van der Waals surface area (Å²) in [6.45, 7) is 9.52. The molecule has 0 heterocycles. The Labute approximate surface area is 209 Å². The second-order valence-electron chi connectivity index (χ2n) is 9.19. The second kappa shape index (κ2) is 15.0. The number of methoxy groups -OCH3 is 1. The zero-order valence-electron chi connectivity index (χ0n) is 21.9. The van der Waals surface area contributed by atoms with Gasteiger partial charge in [0.1, 0.15) is 17.6 Å². The molecule has 1 aromatic rings. The number of carbonyl (C=O) groups excluding carboxylic acids is 2. The number of Topliss-reactive ketones (excluding diaryl/α,β-unsaturated/α-hetero) is 1. The minimum absolute atomic E-state index is 0.00116. The van der Waals surface area contributed by atoms with E-state index >= 15 is 0 Å². The number of carbonyl (C=O) groups is 2. The van der Waals surface area contributed by atoms with Crippen LogP contribution in [-0.2, 0) is 27.2 Å². The van der Waals surface area contributed by atoms with E-state index in [0.717, 1.165) is 36.8 Å². The van der Waals surface area contributed by atoms with E-state index in [9.17, 15) is 24.9 Å². The van der Waals surface area contributed by atoms with Crippen LogP contribution in [0.4, 0.5) is 0 Å². The van der Waals surface area contributed by atoms with Gasteiger partial charge in [-0.1, -0.05) is 34.9 Å². The molecule has 0 aliphatic rings. The van der Waals surface area contributed by atoms with Gasteiger partial charge in [0.25, 0.3) is 0 Å². The van der Waals surface area contributed by atoms with E-state index in [1.165, 1.54) is 24.8 Å². The zero-order chi connectivity index (χ0) is 26.5. The fourth-order valence-electron chi connectivity index (χ4n) is 3.54. The molecule has 0 spiro atoms. The number of aliphatic hydroxyl groups excluding tert-OH is 1. The molecule has 192 valence electrons. The molecule has 1 aromatic carbocycles. The summed E-state index contributed by atoms with van der Waals surface area (Å²) in [4.78, 5) is 23.7. The largest absolute Gasteiger partial charge is 0.508 e. The van der Waals surface area contributed by atoms with Gasteiger partial charge in [-0.25, -0.2) is 0 Å². The molecule has 0 saturated heterocycles. The Morgan fingerprint density at radius 2 is 1.49 bits per heavy atom. The smallest absolute Gasteiger partial charge is 0.310 e. The lowest BCUT2D eigenvalue weighted by Gasteiger charge is -2.10. The number of aromatic hydroxyl groups is 2. The van der Waals surface area contributed by atoms with Crippen LogP contribution in [0, 0.1) is 0 Å². The number of benzene rings is 1. The fraction of sp³-hybridized carbons (Fsp3) is 0.448. The van der Waals surface area contributed by atoms with Crippen molar-refractivity contribution in [2.45, 2.75) is 79.2 Å². The number of aliphatic hydroxyl groups is 1. The van der Waals surface area contributed by atoms with E-state index in [1.807, 2.05) is 32.9 Å². The minimum atomic E-state index is -1.08. The number of hydrogen-bond acceptors (Lipinski definition) is 6. The van der Waals surface area contributed by atoms with Gasteiger partial charge in [-0.15, -0.1) is 0 Å². The maximum atomic E-state index is 12.2. The summed E-state index contributed by atoms with van der Waals surface area (Å²) in [5, 5.41) is 30.3. The average Bonchev–Trinajstić information content (AvgIpc) is 2.78. The van der Waals surface area contributed by atoms with Gasteiger partial charge in [-0.05, 0) is 90.5 Å². The monoisotopic (exact) mass is 484 g/mol. The summed E-state index contributed by atoms with van der Waals surface area (Å²) < 4.78 is 4.64. The first kappa shape index (κ1) is 29.9. The quantitative estimate of drug-likeness (QED) is 0.145. The van der Waals surface area contributed by atoms with Crippen molar-refractivity contribution < 1.29 is 29.6 Å². The topological polar surface area (TPSA) is 104 Å². The molecular weight excluding hydrogens is 444 g/mol. The Hall–Kier alpha value is -3.12. The van der Waals surface area contributed by atoms with Crippen LogP contribution in [-0.4, -0.2) is 40.3 Å². The SMILES string of the molecule is COC(=O)Cc1cc(O)cc(C/C=C(/C)CC/C=C(\C)CC/C=C(\C)C(=O)[C@@H](O)C=C(C)C)c1O. The molecule has 0 aromatic heterocycles. The van der Waals surface area contributed by atoms with Crippen molar-refractivity contribution in [1.29, 1.82) is 0 Å². The highest BCUT2D eigenvalue weighted by atomic mass is 16.5. The molecular formula is C29H40O6. The van der Waals surface area contributed by atoms with Crippen molar-refractivity contribution >= 4 is 11.8 Å². The highest BCUT2D eigenvalue weighted by Gasteiger charge is 2.14. The van der Waals surface area contributed by atoms with E-state index in [4.69, 9.17) is 0 Å². The number of ketones is 1. The van der Waals surface area contributed by atoms with Crippen LogP contribution < -0.4 is 0 Å². The normalized spacial score (nSPS) is 13.4. The maximum absolute atomic E-state index is 12.2. The highest BCUT2D eigenvalue weighted by Crippen LogP contribution is 2.29. The Morgan fingerprint density at radius 3 is 2.09 bits per heavy atom. The van der Waals surface area contributed by atoms with Gasteiger partial charge in [-0.3, -0.25) is 9.59 Å². The molecule has 6 nitrogen and oxygen atoms in total. The molecule has 0 amide bonds. The summed E-state index contributed by atoms with van der Waals surface area (Å²) in [6, 6.07) is 2.88. The number of esters is 1. The van der Waals surface area contributed by atoms with Crippen LogP contribution in [0.5, 0.6) is 11.5 Å². The summed E-state index contributed by atoms with van der Waals surface area (Å²) in [5.74, 6) is -0.741. The van der Waals surface area contributed by atoms with E-state index in [-0.39, 0.29) is 23.7 Å². The summed E-state index contributed by atoms with van der Waals surface area (Å²) >= 11 is 0. The Bertz CT molecular complexity index is 1010. The molecule has 6 heteroatoms. The number of rotatable bonds is 13. The predicted molar refractivity (Wildman–Crippen MR) is 139 cm³/mol. The van der Waals surface area contributed by atoms with Crippen molar-refractivity contribution in [1.82, 2.24) is 0 Å². The molecule has 35 heavy (non-hydrogen) atoms. The first-order chi connectivity index (χ1) is 16.4. The van der Waals surface area contributed by atoms with Crippen molar-refractivity contribution in [3.63, 3.8) is 0 Å². The second-order valence-corrected chi connectivity index (χ2v) is 9.19. The molecule has 0 radical (unpaired) electrons. The number of phenolic OH excluding ortho intramolecular Hbond substituents is 2. The molecule has 1 atom stereocenters. The average molecular weight is 485 g/mol. The van der Waals surface area contributed by atoms with Gasteiger partial charge in [-0.2, -0.15) is 0 Å². The molecule has 0 aliphatic heterocycles. The van der Waals surface area contributed by atoms with Gasteiger partial charge >= 0.3 is 5.97 Å².